The lowest BCUT2D eigenvalue weighted by Gasteiger charge is -2.34. The van der Waals surface area contributed by atoms with Crippen molar-refractivity contribution in [3.05, 3.63) is 71.5 Å². The maximum absolute atomic E-state index is 13.6. The Kier molecular flexibility index (Phi) is 12.1. The molecule has 19 heteroatoms. The maximum Gasteiger partial charge on any atom is 0.270 e. The number of hydrogen-bond acceptors (Lipinski definition) is 12. The molecule has 18 nitrogen and oxygen atoms in total. The lowest BCUT2D eigenvalue weighted by atomic mass is 10.0. The molecule has 3 fully saturated rings. The fourth-order valence-electron chi connectivity index (χ4n) is 8.66. The van der Waals surface area contributed by atoms with Crippen LogP contribution in [0.1, 0.15) is 101 Å². The molecule has 5 heterocycles. The molecule has 1 saturated carbocycles. The van der Waals surface area contributed by atoms with E-state index >= 15 is 0 Å². The first-order valence-electron chi connectivity index (χ1n) is 21.0. The lowest BCUT2D eigenvalue weighted by molar-refractivity contribution is -0.136. The third-order valence-electron chi connectivity index (χ3n) is 12.0. The van der Waals surface area contributed by atoms with Crippen molar-refractivity contribution < 1.29 is 41.9 Å². The zero-order valence-electron chi connectivity index (χ0n) is 34.7. The Balaban J connectivity index is 0.791. The number of carbonyl (C=O) groups is 6. The summed E-state index contributed by atoms with van der Waals surface area (Å²) in [6.45, 7) is 1.11. The van der Waals surface area contributed by atoms with Gasteiger partial charge >= 0.3 is 0 Å². The molecule has 3 aliphatic heterocycles. The van der Waals surface area contributed by atoms with Crippen LogP contribution in [0.4, 0.5) is 11.6 Å². The quantitative estimate of drug-likeness (QED) is 0.137. The summed E-state index contributed by atoms with van der Waals surface area (Å²) in [5.41, 5.74) is 2.09. The van der Waals surface area contributed by atoms with Crippen LogP contribution in [0.3, 0.4) is 0 Å². The number of nitrogens with one attached hydrogen (secondary N) is 2. The van der Waals surface area contributed by atoms with Gasteiger partial charge in [-0.2, -0.15) is 9.29 Å². The number of anilines is 2. The van der Waals surface area contributed by atoms with Crippen LogP contribution in [-0.2, 0) is 24.4 Å². The van der Waals surface area contributed by atoms with Crippen LogP contribution in [-0.4, -0.2) is 130 Å². The van der Waals surface area contributed by atoms with Gasteiger partial charge < -0.3 is 24.4 Å². The minimum atomic E-state index is -3.82. The molecule has 0 spiro atoms. The average Bonchev–Trinajstić information content (AvgIpc) is 3.99. The van der Waals surface area contributed by atoms with Crippen molar-refractivity contribution in [3.63, 3.8) is 0 Å². The Morgan fingerprint density at radius 3 is 2.37 bits per heavy atom. The second kappa shape index (κ2) is 17.6. The first-order chi connectivity index (χ1) is 29.8. The minimum Gasteiger partial charge on any atom is -0.493 e. The van der Waals surface area contributed by atoms with Crippen molar-refractivity contribution >= 4 is 68.1 Å². The van der Waals surface area contributed by atoms with Gasteiger partial charge in [0.2, 0.25) is 33.7 Å². The molecule has 0 bridgehead atoms. The molecule has 1 unspecified atom stereocenters. The summed E-state index contributed by atoms with van der Waals surface area (Å²) in [6, 6.07) is 12.0. The molecule has 8 rings (SSSR count). The Morgan fingerprint density at radius 1 is 0.919 bits per heavy atom. The average molecular weight is 868 g/mol. The molecule has 62 heavy (non-hydrogen) atoms. The highest BCUT2D eigenvalue weighted by Crippen LogP contribution is 2.36. The van der Waals surface area contributed by atoms with Crippen molar-refractivity contribution in [2.75, 3.05) is 52.2 Å². The first kappa shape index (κ1) is 42.5. The smallest absolute Gasteiger partial charge is 0.270 e. The van der Waals surface area contributed by atoms with Crippen LogP contribution in [0.25, 0.3) is 11.0 Å². The molecule has 6 amide bonds. The second-order valence-electron chi connectivity index (χ2n) is 16.2. The standard InChI is InChI=1S/C43H49N9O9S/c1-48(2)41(57)33-25-27-26-44-43(47-38(27)51(33)29-9-5-6-10-29)45-28-14-16-30(17-15-28)62(59,60)50-22-20-49(21-23-50)36(54)13-4-3-7-24-61-34-12-8-11-31-37(34)42(58)52(40(31)56)32-18-19-35(53)46-39(32)55/h8,11-12,14-17,25-26,29,32H,3-7,9-10,13,18-24H2,1-2H3,(H,44,45,47)(H,46,53,55). The van der Waals surface area contributed by atoms with E-state index in [1.807, 2.05) is 10.6 Å². The third-order valence-corrected chi connectivity index (χ3v) is 13.9. The summed E-state index contributed by atoms with van der Waals surface area (Å²) in [5, 5.41) is 6.14. The van der Waals surface area contributed by atoms with E-state index in [-0.39, 0.29) is 91.7 Å². The fourth-order valence-corrected chi connectivity index (χ4v) is 10.1. The number of hydrogen-bond donors (Lipinski definition) is 2. The van der Waals surface area contributed by atoms with E-state index in [9.17, 15) is 37.2 Å². The van der Waals surface area contributed by atoms with Gasteiger partial charge in [-0.25, -0.2) is 13.4 Å². The van der Waals surface area contributed by atoms with Crippen LogP contribution in [0.5, 0.6) is 5.75 Å². The summed E-state index contributed by atoms with van der Waals surface area (Å²) in [5.74, 6) is -1.96. The Bertz CT molecular complexity index is 2540. The minimum absolute atomic E-state index is 0.0281. The number of piperidine rings is 1. The molecule has 4 aromatic rings. The SMILES string of the molecule is CN(C)C(=O)c1cc2cnc(Nc3ccc(S(=O)(=O)N4CCN(C(=O)CCCCCOc5cccc6c5C(=O)N(C5CCC(=O)NC5=O)C6=O)CC4)cc3)nc2n1C1CCCC1. The van der Waals surface area contributed by atoms with Crippen molar-refractivity contribution in [2.24, 2.45) is 0 Å². The summed E-state index contributed by atoms with van der Waals surface area (Å²) in [4.78, 5) is 90.0. The van der Waals surface area contributed by atoms with Crippen molar-refractivity contribution in [2.45, 2.75) is 81.2 Å². The summed E-state index contributed by atoms with van der Waals surface area (Å²) in [6.07, 6.45) is 8.00. The van der Waals surface area contributed by atoms with Gasteiger partial charge in [0, 0.05) is 76.4 Å². The molecule has 1 aliphatic carbocycles. The van der Waals surface area contributed by atoms with Crippen molar-refractivity contribution in [1.29, 1.82) is 0 Å². The summed E-state index contributed by atoms with van der Waals surface area (Å²) < 4.78 is 36.5. The number of sulfonamides is 1. The van der Waals surface area contributed by atoms with E-state index in [4.69, 9.17) is 9.72 Å². The van der Waals surface area contributed by atoms with Crippen LogP contribution in [0.2, 0.25) is 0 Å². The third kappa shape index (κ3) is 8.37. The molecule has 0 radical (unpaired) electrons. The number of piperazine rings is 1. The highest BCUT2D eigenvalue weighted by atomic mass is 32.2. The molecule has 326 valence electrons. The van der Waals surface area contributed by atoms with Gasteiger partial charge in [0.1, 0.15) is 23.1 Å². The molecule has 2 saturated heterocycles. The van der Waals surface area contributed by atoms with E-state index in [0.29, 0.717) is 42.2 Å². The molecule has 1 atom stereocenters. The van der Waals surface area contributed by atoms with E-state index in [1.165, 1.54) is 22.5 Å². The van der Waals surface area contributed by atoms with Crippen molar-refractivity contribution in [3.8, 4) is 5.75 Å². The number of ether oxygens (including phenoxy) is 1. The molecule has 2 aromatic carbocycles. The Morgan fingerprint density at radius 2 is 1.66 bits per heavy atom. The molecular weight excluding hydrogens is 819 g/mol. The highest BCUT2D eigenvalue weighted by molar-refractivity contribution is 7.89. The van der Waals surface area contributed by atoms with E-state index in [2.05, 4.69) is 15.6 Å². The van der Waals surface area contributed by atoms with Crippen LogP contribution in [0.15, 0.2) is 59.6 Å². The van der Waals surface area contributed by atoms with Gasteiger partial charge in [-0.3, -0.25) is 39.0 Å². The largest absolute Gasteiger partial charge is 0.493 e. The lowest BCUT2D eigenvalue weighted by Crippen LogP contribution is -2.54. The second-order valence-corrected chi connectivity index (χ2v) is 18.2. The number of nitrogens with zero attached hydrogens (tertiary/aromatic N) is 7. The molecule has 2 aromatic heterocycles. The highest BCUT2D eigenvalue weighted by Gasteiger charge is 2.46. The number of amides is 6. The van der Waals surface area contributed by atoms with Gasteiger partial charge in [-0.15, -0.1) is 0 Å². The zero-order valence-corrected chi connectivity index (χ0v) is 35.5. The topological polar surface area (TPSA) is 214 Å². The molecule has 4 aliphatic rings. The van der Waals surface area contributed by atoms with Gasteiger partial charge in [0.25, 0.3) is 17.7 Å². The van der Waals surface area contributed by atoms with Gasteiger partial charge in [0.05, 0.1) is 22.6 Å². The van der Waals surface area contributed by atoms with Crippen LogP contribution < -0.4 is 15.4 Å². The molecule has 2 N–H and O–H groups in total. The predicted octanol–water partition coefficient (Wildman–Crippen LogP) is 3.87. The van der Waals surface area contributed by atoms with E-state index < -0.39 is 39.7 Å². The number of rotatable bonds is 14. The number of carbonyl (C=O) groups excluding carboxylic acids is 6. The van der Waals surface area contributed by atoms with Crippen LogP contribution in [0, 0.1) is 0 Å². The van der Waals surface area contributed by atoms with Crippen molar-refractivity contribution in [1.82, 2.24) is 38.9 Å². The number of aromatic nitrogens is 3. The Hall–Kier alpha value is -6.21. The van der Waals surface area contributed by atoms with E-state index in [1.54, 1.807) is 54.4 Å². The predicted molar refractivity (Wildman–Crippen MR) is 225 cm³/mol. The normalized spacial score (nSPS) is 18.6. The molecular formula is C43H49N9O9S. The number of imide groups is 2. The number of benzene rings is 2. The van der Waals surface area contributed by atoms with Crippen LogP contribution >= 0.6 is 0 Å². The summed E-state index contributed by atoms with van der Waals surface area (Å²) in [7, 11) is -0.361. The maximum atomic E-state index is 13.6. The fraction of sp³-hybridized carbons (Fsp3) is 0.442. The summed E-state index contributed by atoms with van der Waals surface area (Å²) >= 11 is 0. The number of fused-ring (bicyclic) bond motifs is 2. The van der Waals surface area contributed by atoms with Gasteiger partial charge in [-0.1, -0.05) is 18.9 Å². The first-order valence-corrected chi connectivity index (χ1v) is 22.5. The number of unbranched alkanes of at least 4 members (excludes halogenated alkanes) is 2. The van der Waals surface area contributed by atoms with Gasteiger partial charge in [0.15, 0.2) is 0 Å². The van der Waals surface area contributed by atoms with E-state index in [0.717, 1.165) is 36.0 Å². The monoisotopic (exact) mass is 867 g/mol. The zero-order chi connectivity index (χ0) is 43.7. The Labute approximate surface area is 358 Å². The van der Waals surface area contributed by atoms with Gasteiger partial charge in [-0.05, 0) is 81.0 Å².